The van der Waals surface area contributed by atoms with Gasteiger partial charge in [0.15, 0.2) is 6.61 Å². The van der Waals surface area contributed by atoms with Crippen LogP contribution >= 0.6 is 0 Å². The number of hydrogen-bond donors (Lipinski definition) is 0. The first-order chi connectivity index (χ1) is 16.0. The van der Waals surface area contributed by atoms with E-state index in [-0.39, 0.29) is 13.0 Å². The number of rotatable bonds is 12. The molecule has 1 saturated heterocycles. The van der Waals surface area contributed by atoms with Gasteiger partial charge in [-0.05, 0) is 0 Å². The lowest BCUT2D eigenvalue weighted by atomic mass is 9.87. The van der Waals surface area contributed by atoms with E-state index in [0.29, 0.717) is 0 Å². The first-order valence-electron chi connectivity index (χ1n) is 10.4. The van der Waals surface area contributed by atoms with E-state index >= 15 is 0 Å². The average Bonchev–Trinajstić information content (AvgIpc) is 2.80. The van der Waals surface area contributed by atoms with E-state index in [1.807, 2.05) is 0 Å². The zero-order valence-corrected chi connectivity index (χ0v) is 20.9. The van der Waals surface area contributed by atoms with E-state index in [9.17, 15) is 19.2 Å². The summed E-state index contributed by atoms with van der Waals surface area (Å²) >= 11 is 0. The third-order valence-corrected chi connectivity index (χ3v) is 5.49. The van der Waals surface area contributed by atoms with Crippen LogP contribution in [0.25, 0.3) is 0 Å². The smallest absolute Gasteiger partial charge is 0.366 e. The molecular formula is C21H35NO12. The Morgan fingerprint density at radius 3 is 2.12 bits per heavy atom. The molecule has 0 bridgehead atoms. The third kappa shape index (κ3) is 7.09. The van der Waals surface area contributed by atoms with Gasteiger partial charge in [0, 0.05) is 49.3 Å². The predicted octanol–water partition coefficient (Wildman–Crippen LogP) is -0.711. The highest BCUT2D eigenvalue weighted by Crippen LogP contribution is 2.38. The number of likely N-dealkylation sites (N-methyl/N-ethyl adjacent to an activating group) is 1. The van der Waals surface area contributed by atoms with E-state index in [1.165, 1.54) is 54.2 Å². The Bertz CT molecular complexity index is 716. The monoisotopic (exact) mass is 493 g/mol. The molecule has 0 spiro atoms. The summed E-state index contributed by atoms with van der Waals surface area (Å²) in [5.74, 6) is -4.77. The molecule has 1 amide bonds. The highest BCUT2D eigenvalue weighted by molar-refractivity contribution is 5.81. The summed E-state index contributed by atoms with van der Waals surface area (Å²) in [7, 11) is 8.08. The van der Waals surface area contributed by atoms with Gasteiger partial charge in [-0.15, -0.1) is 0 Å². The highest BCUT2D eigenvalue weighted by Gasteiger charge is 2.59. The second kappa shape index (κ2) is 13.5. The minimum absolute atomic E-state index is 0.0726. The Morgan fingerprint density at radius 2 is 1.68 bits per heavy atom. The van der Waals surface area contributed by atoms with Crippen molar-refractivity contribution in [1.29, 1.82) is 0 Å². The fraction of sp³-hybridized carbons (Fsp3) is 0.810. The lowest BCUT2D eigenvalue weighted by Gasteiger charge is -2.50. The molecular weight excluding hydrogens is 458 g/mol. The maximum atomic E-state index is 12.9. The molecule has 1 heterocycles. The minimum Gasteiger partial charge on any atom is -0.465 e. The summed E-state index contributed by atoms with van der Waals surface area (Å²) < 4.78 is 43.1. The quantitative estimate of drug-likeness (QED) is 0.250. The Hall–Kier alpha value is -2.32. The molecule has 0 radical (unpaired) electrons. The number of nitrogens with zero attached hydrogens (tertiary/aromatic N) is 1. The maximum absolute atomic E-state index is 12.9. The molecule has 13 heteroatoms. The Morgan fingerprint density at radius 1 is 1.03 bits per heavy atom. The van der Waals surface area contributed by atoms with Crippen molar-refractivity contribution in [3.63, 3.8) is 0 Å². The molecule has 34 heavy (non-hydrogen) atoms. The molecule has 6 atom stereocenters. The SMILES string of the molecule is COC[C@H](OC)[C@H](OC)[C@@H]1OC(OC)(C(=O)OC)C[C@H](OC(C)=O)[C@H]1N(C)C(=O)COC(C)=O. The van der Waals surface area contributed by atoms with Crippen molar-refractivity contribution in [3.8, 4) is 0 Å². The van der Waals surface area contributed by atoms with Crippen LogP contribution < -0.4 is 0 Å². The summed E-state index contributed by atoms with van der Waals surface area (Å²) in [5.41, 5.74) is 0. The summed E-state index contributed by atoms with van der Waals surface area (Å²) in [5, 5.41) is 0. The largest absolute Gasteiger partial charge is 0.465 e. The van der Waals surface area contributed by atoms with Gasteiger partial charge < -0.3 is 42.8 Å². The van der Waals surface area contributed by atoms with Gasteiger partial charge in [-0.25, -0.2) is 4.79 Å². The third-order valence-electron chi connectivity index (χ3n) is 5.49. The molecule has 1 aliphatic rings. The number of carbonyl (C=O) groups excluding carboxylic acids is 4. The summed E-state index contributed by atoms with van der Waals surface area (Å²) in [6.45, 7) is 1.87. The molecule has 0 aromatic carbocycles. The second-order valence-corrected chi connectivity index (χ2v) is 7.59. The number of carbonyl (C=O) groups is 4. The molecule has 0 aliphatic carbocycles. The maximum Gasteiger partial charge on any atom is 0.366 e. The van der Waals surface area contributed by atoms with Crippen LogP contribution in [0.2, 0.25) is 0 Å². The molecule has 0 aromatic heterocycles. The van der Waals surface area contributed by atoms with E-state index in [2.05, 4.69) is 0 Å². The van der Waals surface area contributed by atoms with Crippen LogP contribution in [0.3, 0.4) is 0 Å². The van der Waals surface area contributed by atoms with Crippen molar-refractivity contribution in [1.82, 2.24) is 4.90 Å². The van der Waals surface area contributed by atoms with E-state index in [4.69, 9.17) is 37.9 Å². The van der Waals surface area contributed by atoms with Gasteiger partial charge in [0.2, 0.25) is 0 Å². The molecule has 1 aliphatic heterocycles. The van der Waals surface area contributed by atoms with Crippen LogP contribution in [0.15, 0.2) is 0 Å². The number of amides is 1. The van der Waals surface area contributed by atoms with E-state index in [1.54, 1.807) is 0 Å². The van der Waals surface area contributed by atoms with E-state index < -0.39 is 66.7 Å². The molecule has 0 saturated carbocycles. The van der Waals surface area contributed by atoms with Crippen LogP contribution in [-0.4, -0.2) is 121 Å². The normalized spacial score (nSPS) is 26.2. The molecule has 0 aromatic rings. The second-order valence-electron chi connectivity index (χ2n) is 7.59. The first kappa shape index (κ1) is 29.7. The number of methoxy groups -OCH3 is 5. The highest BCUT2D eigenvalue weighted by atomic mass is 16.7. The van der Waals surface area contributed by atoms with Crippen molar-refractivity contribution < 1.29 is 57.1 Å². The van der Waals surface area contributed by atoms with Crippen LogP contribution in [0.4, 0.5) is 0 Å². The Labute approximate surface area is 198 Å². The lowest BCUT2D eigenvalue weighted by Crippen LogP contribution is -2.69. The molecule has 0 N–H and O–H groups in total. The molecule has 1 rings (SSSR count). The summed E-state index contributed by atoms with van der Waals surface area (Å²) in [6, 6.07) is -1.00. The lowest BCUT2D eigenvalue weighted by molar-refractivity contribution is -0.315. The van der Waals surface area contributed by atoms with Crippen LogP contribution in [0.5, 0.6) is 0 Å². The van der Waals surface area contributed by atoms with Gasteiger partial charge in [0.25, 0.3) is 11.7 Å². The van der Waals surface area contributed by atoms with Crippen molar-refractivity contribution >= 4 is 23.8 Å². The van der Waals surface area contributed by atoms with Gasteiger partial charge in [-0.3, -0.25) is 14.4 Å². The van der Waals surface area contributed by atoms with Gasteiger partial charge in [0.1, 0.15) is 24.4 Å². The van der Waals surface area contributed by atoms with Gasteiger partial charge >= 0.3 is 17.9 Å². The predicted molar refractivity (Wildman–Crippen MR) is 113 cm³/mol. The van der Waals surface area contributed by atoms with Crippen molar-refractivity contribution in [2.75, 3.05) is 55.8 Å². The first-order valence-corrected chi connectivity index (χ1v) is 10.4. The number of esters is 3. The number of ether oxygens (including phenoxy) is 8. The zero-order valence-electron chi connectivity index (χ0n) is 20.9. The van der Waals surface area contributed by atoms with E-state index in [0.717, 1.165) is 7.11 Å². The van der Waals surface area contributed by atoms with Gasteiger partial charge in [-0.2, -0.15) is 0 Å². The molecule has 13 nitrogen and oxygen atoms in total. The minimum atomic E-state index is -1.97. The standard InChI is InChI=1S/C21H35NO12/c1-12(23)32-11-16(25)22(3)17-14(33-13(2)24)9-21(31-8,20(26)30-7)34-19(17)18(29-6)15(28-5)10-27-4/h14-15,17-19H,9-11H2,1-8H3/t14-,15-,17+,18-,19+,21?/m0/s1. The van der Waals surface area contributed by atoms with Crippen LogP contribution in [-0.2, 0) is 57.1 Å². The molecule has 1 unspecified atom stereocenters. The average molecular weight is 494 g/mol. The van der Waals surface area contributed by atoms with Gasteiger partial charge in [-0.1, -0.05) is 0 Å². The van der Waals surface area contributed by atoms with Crippen molar-refractivity contribution in [2.24, 2.45) is 0 Å². The molecule has 196 valence electrons. The Balaban J connectivity index is 3.61. The fourth-order valence-electron chi connectivity index (χ4n) is 3.88. The fourth-order valence-corrected chi connectivity index (χ4v) is 3.88. The van der Waals surface area contributed by atoms with Crippen molar-refractivity contribution in [2.45, 2.75) is 56.5 Å². The van der Waals surface area contributed by atoms with Gasteiger partial charge in [0.05, 0.1) is 26.2 Å². The summed E-state index contributed by atoms with van der Waals surface area (Å²) in [6.07, 6.45) is -4.19. The van der Waals surface area contributed by atoms with Crippen LogP contribution in [0.1, 0.15) is 20.3 Å². The summed E-state index contributed by atoms with van der Waals surface area (Å²) in [4.78, 5) is 50.0. The number of hydrogen-bond acceptors (Lipinski definition) is 12. The Kier molecular flexibility index (Phi) is 11.8. The molecule has 1 fully saturated rings. The zero-order chi connectivity index (χ0) is 26.1. The topological polar surface area (TPSA) is 145 Å². The van der Waals surface area contributed by atoms with Crippen LogP contribution in [0, 0.1) is 0 Å². The van der Waals surface area contributed by atoms with Crippen molar-refractivity contribution in [3.05, 3.63) is 0 Å².